The summed E-state index contributed by atoms with van der Waals surface area (Å²) < 4.78 is 5.57. The second-order valence-corrected chi connectivity index (χ2v) is 6.87. The molecule has 2 aromatic carbocycles. The van der Waals surface area contributed by atoms with Crippen molar-refractivity contribution in [3.05, 3.63) is 48.0 Å². The summed E-state index contributed by atoms with van der Waals surface area (Å²) in [4.78, 5) is 23.8. The molecular weight excluding hydrogens is 330 g/mol. The Morgan fingerprint density at radius 1 is 1.15 bits per heavy atom. The van der Waals surface area contributed by atoms with Gasteiger partial charge in [0.2, 0.25) is 5.91 Å². The maximum absolute atomic E-state index is 12.1. The Morgan fingerprint density at radius 3 is 2.73 bits per heavy atom. The summed E-state index contributed by atoms with van der Waals surface area (Å²) in [5, 5.41) is 14.5. The van der Waals surface area contributed by atoms with E-state index in [0.29, 0.717) is 19.4 Å². The average molecular weight is 355 g/mol. The quantitative estimate of drug-likeness (QED) is 0.800. The van der Waals surface area contributed by atoms with Crippen LogP contribution in [0.25, 0.3) is 10.8 Å². The van der Waals surface area contributed by atoms with Crippen molar-refractivity contribution < 1.29 is 19.4 Å². The highest BCUT2D eigenvalue weighted by molar-refractivity contribution is 5.86. The number of nitrogens with one attached hydrogen (secondary N) is 1. The summed E-state index contributed by atoms with van der Waals surface area (Å²) in [5.74, 6) is -1.69. The Bertz CT molecular complexity index is 762. The van der Waals surface area contributed by atoms with Gasteiger partial charge in [0, 0.05) is 13.2 Å². The summed E-state index contributed by atoms with van der Waals surface area (Å²) in [5.41, 5.74) is 0.986. The molecule has 1 aliphatic heterocycles. The number of benzene rings is 2. The number of amides is 1. The molecule has 3 rings (SSSR count). The lowest BCUT2D eigenvalue weighted by molar-refractivity contribution is -0.141. The molecule has 26 heavy (non-hydrogen) atoms. The number of carboxylic acid groups (broad SMARTS) is 1. The molecule has 0 aromatic heterocycles. The van der Waals surface area contributed by atoms with Gasteiger partial charge in [0.25, 0.3) is 0 Å². The van der Waals surface area contributed by atoms with Crippen molar-refractivity contribution in [2.45, 2.75) is 38.2 Å². The molecule has 1 aliphatic rings. The molecule has 1 fully saturated rings. The van der Waals surface area contributed by atoms with E-state index in [1.54, 1.807) is 0 Å². The van der Waals surface area contributed by atoms with Gasteiger partial charge in [0.15, 0.2) is 0 Å². The Kier molecular flexibility index (Phi) is 6.23. The van der Waals surface area contributed by atoms with E-state index in [2.05, 4.69) is 5.32 Å². The monoisotopic (exact) mass is 355 g/mol. The number of rotatable bonds is 7. The molecule has 2 atom stereocenters. The van der Waals surface area contributed by atoms with Crippen LogP contribution in [0.2, 0.25) is 0 Å². The molecule has 0 radical (unpaired) electrons. The fraction of sp³-hybridized carbons (Fsp3) is 0.429. The predicted molar refractivity (Wildman–Crippen MR) is 100.0 cm³/mol. The van der Waals surface area contributed by atoms with Crippen LogP contribution in [0, 0.1) is 5.92 Å². The third-order valence-corrected chi connectivity index (χ3v) is 4.93. The molecule has 2 aromatic rings. The first-order chi connectivity index (χ1) is 12.6. The van der Waals surface area contributed by atoms with E-state index >= 15 is 0 Å². The average Bonchev–Trinajstić information content (AvgIpc) is 2.65. The molecule has 1 amide bonds. The molecule has 2 unspecified atom stereocenters. The van der Waals surface area contributed by atoms with Crippen LogP contribution >= 0.6 is 0 Å². The molecular formula is C21H25NO4. The summed E-state index contributed by atoms with van der Waals surface area (Å²) >= 11 is 0. The summed E-state index contributed by atoms with van der Waals surface area (Å²) in [6.45, 7) is 0.834. The third kappa shape index (κ3) is 4.82. The van der Waals surface area contributed by atoms with Gasteiger partial charge in [-0.25, -0.2) is 0 Å². The van der Waals surface area contributed by atoms with E-state index in [-0.39, 0.29) is 18.6 Å². The fourth-order valence-electron chi connectivity index (χ4n) is 3.47. The van der Waals surface area contributed by atoms with Gasteiger partial charge in [-0.2, -0.15) is 0 Å². The normalized spacial score (nSPS) is 18.4. The highest BCUT2D eigenvalue weighted by Crippen LogP contribution is 2.21. The molecule has 0 bridgehead atoms. The number of hydrogen-bond donors (Lipinski definition) is 2. The van der Waals surface area contributed by atoms with Crippen LogP contribution < -0.4 is 5.32 Å². The smallest absolute Gasteiger partial charge is 0.308 e. The van der Waals surface area contributed by atoms with Crippen LogP contribution in [0.4, 0.5) is 0 Å². The Balaban J connectivity index is 1.60. The van der Waals surface area contributed by atoms with E-state index < -0.39 is 11.9 Å². The number of ether oxygens (including phenoxy) is 1. The van der Waals surface area contributed by atoms with Crippen LogP contribution in [0.15, 0.2) is 42.5 Å². The maximum atomic E-state index is 12.1. The lowest BCUT2D eigenvalue weighted by Gasteiger charge is -2.22. The first-order valence-corrected chi connectivity index (χ1v) is 9.21. The largest absolute Gasteiger partial charge is 0.481 e. The topological polar surface area (TPSA) is 75.6 Å². The zero-order chi connectivity index (χ0) is 18.4. The molecule has 0 saturated carbocycles. The zero-order valence-corrected chi connectivity index (χ0v) is 14.8. The highest BCUT2D eigenvalue weighted by Gasteiger charge is 2.22. The Hall–Kier alpha value is -2.40. The van der Waals surface area contributed by atoms with Crippen LogP contribution in [-0.2, 0) is 20.7 Å². The molecule has 5 heteroatoms. The fourth-order valence-corrected chi connectivity index (χ4v) is 3.47. The second kappa shape index (κ2) is 8.81. The number of fused-ring (bicyclic) bond motifs is 1. The van der Waals surface area contributed by atoms with E-state index in [1.165, 1.54) is 0 Å². The summed E-state index contributed by atoms with van der Waals surface area (Å²) in [6, 6.07) is 13.8. The minimum atomic E-state index is -0.896. The number of carboxylic acids is 1. The Labute approximate surface area is 153 Å². The van der Waals surface area contributed by atoms with Gasteiger partial charge >= 0.3 is 5.97 Å². The SMILES string of the molecule is O=C(CC1CCCCO1)NCC(Cc1cccc2ccccc12)C(=O)O. The minimum absolute atomic E-state index is 0.0369. The van der Waals surface area contributed by atoms with E-state index in [9.17, 15) is 14.7 Å². The van der Waals surface area contributed by atoms with Gasteiger partial charge in [0.1, 0.15) is 0 Å². The van der Waals surface area contributed by atoms with Crippen molar-refractivity contribution in [3.63, 3.8) is 0 Å². The first kappa shape index (κ1) is 18.4. The Morgan fingerprint density at radius 2 is 1.96 bits per heavy atom. The zero-order valence-electron chi connectivity index (χ0n) is 14.8. The number of hydrogen-bond acceptors (Lipinski definition) is 3. The van der Waals surface area contributed by atoms with Crippen molar-refractivity contribution >= 4 is 22.6 Å². The molecule has 1 heterocycles. The van der Waals surface area contributed by atoms with Crippen LogP contribution in [0.3, 0.4) is 0 Å². The van der Waals surface area contributed by atoms with Crippen molar-refractivity contribution in [3.8, 4) is 0 Å². The summed E-state index contributed by atoms with van der Waals surface area (Å²) in [7, 11) is 0. The maximum Gasteiger partial charge on any atom is 0.308 e. The van der Waals surface area contributed by atoms with Gasteiger partial charge in [-0.3, -0.25) is 9.59 Å². The van der Waals surface area contributed by atoms with Crippen molar-refractivity contribution in [1.29, 1.82) is 0 Å². The molecule has 138 valence electrons. The van der Waals surface area contributed by atoms with Crippen LogP contribution in [0.5, 0.6) is 0 Å². The van der Waals surface area contributed by atoms with Gasteiger partial charge < -0.3 is 15.2 Å². The lowest BCUT2D eigenvalue weighted by atomic mass is 9.94. The highest BCUT2D eigenvalue weighted by atomic mass is 16.5. The molecule has 2 N–H and O–H groups in total. The minimum Gasteiger partial charge on any atom is -0.481 e. The number of carbonyl (C=O) groups excluding carboxylic acids is 1. The van der Waals surface area contributed by atoms with Gasteiger partial charge in [-0.05, 0) is 42.0 Å². The molecule has 0 spiro atoms. The lowest BCUT2D eigenvalue weighted by Crippen LogP contribution is -2.36. The van der Waals surface area contributed by atoms with Gasteiger partial charge in [-0.1, -0.05) is 42.5 Å². The standard InChI is InChI=1S/C21H25NO4/c23-20(13-18-9-3-4-11-26-18)22-14-17(21(24)25)12-16-8-5-7-15-6-1-2-10-19(15)16/h1-2,5-8,10,17-18H,3-4,9,11-14H2,(H,22,23)(H,24,25). The van der Waals surface area contributed by atoms with Crippen LogP contribution in [0.1, 0.15) is 31.2 Å². The van der Waals surface area contributed by atoms with Gasteiger partial charge in [-0.15, -0.1) is 0 Å². The van der Waals surface area contributed by atoms with Gasteiger partial charge in [0.05, 0.1) is 18.4 Å². The number of carbonyl (C=O) groups is 2. The number of aliphatic carboxylic acids is 1. The third-order valence-electron chi connectivity index (χ3n) is 4.93. The second-order valence-electron chi connectivity index (χ2n) is 6.87. The van der Waals surface area contributed by atoms with Crippen molar-refractivity contribution in [2.24, 2.45) is 5.92 Å². The summed E-state index contributed by atoms with van der Waals surface area (Å²) in [6.07, 6.45) is 3.68. The molecule has 1 saturated heterocycles. The van der Waals surface area contributed by atoms with Crippen molar-refractivity contribution in [2.75, 3.05) is 13.2 Å². The first-order valence-electron chi connectivity index (χ1n) is 9.21. The van der Waals surface area contributed by atoms with Crippen LogP contribution in [-0.4, -0.2) is 36.2 Å². The predicted octanol–water partition coefficient (Wildman–Crippen LogP) is 3.16. The molecule has 5 nitrogen and oxygen atoms in total. The van der Waals surface area contributed by atoms with Crippen molar-refractivity contribution in [1.82, 2.24) is 5.32 Å². The van der Waals surface area contributed by atoms with E-state index in [0.717, 1.165) is 35.6 Å². The van der Waals surface area contributed by atoms with E-state index in [4.69, 9.17) is 4.74 Å². The van der Waals surface area contributed by atoms with E-state index in [1.807, 2.05) is 42.5 Å². The molecule has 0 aliphatic carbocycles.